The number of hydrogen-bond donors (Lipinski definition) is 4. The Hall–Kier alpha value is -2.90. The van der Waals surface area contributed by atoms with Crippen molar-refractivity contribution in [3.63, 3.8) is 0 Å². The van der Waals surface area contributed by atoms with Crippen molar-refractivity contribution in [1.29, 1.82) is 0 Å². The molecule has 31 heavy (non-hydrogen) atoms. The van der Waals surface area contributed by atoms with Crippen LogP contribution in [0, 0.1) is 5.82 Å². The molecule has 0 bridgehead atoms. The van der Waals surface area contributed by atoms with Crippen LogP contribution in [0.5, 0.6) is 0 Å². The number of H-pyrrole nitrogens is 1. The second kappa shape index (κ2) is 11.5. The maximum Gasteiger partial charge on any atom is 0.191 e. The molecule has 0 radical (unpaired) electrons. The number of aliphatic imine (C=N–C) groups is 1. The standard InChI is InChI=1S/C24H31FN4O2/c1-3-26-24(27-12-11-19-14-28-23-10-9-20(25)13-22(19)23)29-15-21(30)16-31-17(2)18-7-5-4-6-8-18/h4-10,13-14,17,21,28,30H,3,11-12,15-16H2,1-2H3,(H2,26,27,29). The first-order chi connectivity index (χ1) is 15.1. The summed E-state index contributed by atoms with van der Waals surface area (Å²) in [6.07, 6.45) is 1.84. The van der Waals surface area contributed by atoms with Crippen molar-refractivity contribution in [2.24, 2.45) is 4.99 Å². The molecule has 0 amide bonds. The average Bonchev–Trinajstić information content (AvgIpc) is 3.18. The summed E-state index contributed by atoms with van der Waals surface area (Å²) in [7, 11) is 0. The molecule has 0 saturated carbocycles. The van der Waals surface area contributed by atoms with E-state index in [4.69, 9.17) is 4.74 Å². The van der Waals surface area contributed by atoms with Gasteiger partial charge in [0.1, 0.15) is 5.82 Å². The Morgan fingerprint density at radius 1 is 1.19 bits per heavy atom. The van der Waals surface area contributed by atoms with E-state index in [9.17, 15) is 9.50 Å². The van der Waals surface area contributed by atoms with Gasteiger partial charge in [0.25, 0.3) is 0 Å². The first kappa shape index (κ1) is 22.8. The summed E-state index contributed by atoms with van der Waals surface area (Å²) in [5, 5.41) is 17.6. The Bertz CT molecular complexity index is 974. The molecule has 0 aliphatic carbocycles. The second-order valence-corrected chi connectivity index (χ2v) is 7.44. The molecule has 3 rings (SSSR count). The smallest absolute Gasteiger partial charge is 0.191 e. The van der Waals surface area contributed by atoms with Gasteiger partial charge in [0.05, 0.1) is 25.4 Å². The van der Waals surface area contributed by atoms with Crippen molar-refractivity contribution in [3.05, 3.63) is 71.7 Å². The second-order valence-electron chi connectivity index (χ2n) is 7.44. The van der Waals surface area contributed by atoms with Crippen LogP contribution in [0.4, 0.5) is 4.39 Å². The highest BCUT2D eigenvalue weighted by Gasteiger charge is 2.10. The zero-order valence-corrected chi connectivity index (χ0v) is 18.1. The molecule has 7 heteroatoms. The third kappa shape index (κ3) is 6.80. The van der Waals surface area contributed by atoms with Gasteiger partial charge in [0.2, 0.25) is 0 Å². The molecular weight excluding hydrogens is 395 g/mol. The Labute approximate surface area is 182 Å². The number of aliphatic hydroxyl groups excluding tert-OH is 1. The number of rotatable bonds is 10. The van der Waals surface area contributed by atoms with Crippen molar-refractivity contribution < 1.29 is 14.2 Å². The molecule has 4 N–H and O–H groups in total. The Morgan fingerprint density at radius 3 is 2.77 bits per heavy atom. The third-order valence-electron chi connectivity index (χ3n) is 5.03. The maximum absolute atomic E-state index is 13.5. The van der Waals surface area contributed by atoms with Crippen LogP contribution in [0.2, 0.25) is 0 Å². The van der Waals surface area contributed by atoms with Crippen LogP contribution >= 0.6 is 0 Å². The maximum atomic E-state index is 13.5. The molecule has 3 aromatic rings. The average molecular weight is 427 g/mol. The van der Waals surface area contributed by atoms with E-state index < -0.39 is 6.10 Å². The molecule has 166 valence electrons. The van der Waals surface area contributed by atoms with Gasteiger partial charge < -0.3 is 25.5 Å². The Kier molecular flexibility index (Phi) is 8.44. The fourth-order valence-electron chi connectivity index (χ4n) is 3.34. The van der Waals surface area contributed by atoms with E-state index >= 15 is 0 Å². The number of fused-ring (bicyclic) bond motifs is 1. The van der Waals surface area contributed by atoms with Crippen molar-refractivity contribution >= 4 is 16.9 Å². The summed E-state index contributed by atoms with van der Waals surface area (Å²) < 4.78 is 19.3. The molecular formula is C24H31FN4O2. The molecule has 2 unspecified atom stereocenters. The van der Waals surface area contributed by atoms with E-state index in [0.29, 0.717) is 25.5 Å². The topological polar surface area (TPSA) is 81.7 Å². The van der Waals surface area contributed by atoms with Gasteiger partial charge in [-0.05, 0) is 49.6 Å². The molecule has 0 fully saturated rings. The lowest BCUT2D eigenvalue weighted by molar-refractivity contribution is 0.00112. The van der Waals surface area contributed by atoms with E-state index in [1.807, 2.05) is 50.4 Å². The molecule has 0 spiro atoms. The third-order valence-corrected chi connectivity index (χ3v) is 5.03. The fraction of sp³-hybridized carbons (Fsp3) is 0.375. The number of halogens is 1. The zero-order chi connectivity index (χ0) is 22.1. The predicted molar refractivity (Wildman–Crippen MR) is 123 cm³/mol. The molecule has 2 atom stereocenters. The van der Waals surface area contributed by atoms with Crippen LogP contribution in [-0.4, -0.2) is 48.4 Å². The molecule has 1 aromatic heterocycles. The van der Waals surface area contributed by atoms with E-state index in [1.165, 1.54) is 6.07 Å². The summed E-state index contributed by atoms with van der Waals surface area (Å²) >= 11 is 0. The minimum atomic E-state index is -0.696. The van der Waals surface area contributed by atoms with E-state index in [0.717, 1.165) is 22.0 Å². The molecule has 0 aliphatic heterocycles. The van der Waals surface area contributed by atoms with Gasteiger partial charge >= 0.3 is 0 Å². The highest BCUT2D eigenvalue weighted by molar-refractivity contribution is 5.83. The van der Waals surface area contributed by atoms with Crippen molar-refractivity contribution in [1.82, 2.24) is 15.6 Å². The first-order valence-electron chi connectivity index (χ1n) is 10.7. The van der Waals surface area contributed by atoms with E-state index in [1.54, 1.807) is 12.1 Å². The zero-order valence-electron chi connectivity index (χ0n) is 18.1. The van der Waals surface area contributed by atoms with Gasteiger partial charge in [-0.25, -0.2) is 4.39 Å². The number of guanidine groups is 1. The SMILES string of the molecule is CCNC(=NCC(O)COC(C)c1ccccc1)NCCc1c[nH]c2ccc(F)cc12. The summed E-state index contributed by atoms with van der Waals surface area (Å²) in [6.45, 7) is 5.73. The minimum Gasteiger partial charge on any atom is -0.389 e. The monoisotopic (exact) mass is 426 g/mol. The molecule has 6 nitrogen and oxygen atoms in total. The number of benzene rings is 2. The quantitative estimate of drug-likeness (QED) is 0.295. The minimum absolute atomic E-state index is 0.0906. The number of ether oxygens (including phenoxy) is 1. The van der Waals surface area contributed by atoms with E-state index in [2.05, 4.69) is 20.6 Å². The van der Waals surface area contributed by atoms with Crippen LogP contribution in [-0.2, 0) is 11.2 Å². The van der Waals surface area contributed by atoms with Crippen molar-refractivity contribution in [3.8, 4) is 0 Å². The van der Waals surface area contributed by atoms with Crippen LogP contribution in [0.3, 0.4) is 0 Å². The number of aliphatic hydroxyl groups is 1. The number of aromatic amines is 1. The highest BCUT2D eigenvalue weighted by Crippen LogP contribution is 2.19. The van der Waals surface area contributed by atoms with Gasteiger partial charge in [-0.2, -0.15) is 0 Å². The van der Waals surface area contributed by atoms with Crippen molar-refractivity contribution in [2.45, 2.75) is 32.5 Å². The Balaban J connectivity index is 1.47. The lowest BCUT2D eigenvalue weighted by Crippen LogP contribution is -2.39. The molecule has 0 saturated heterocycles. The summed E-state index contributed by atoms with van der Waals surface area (Å²) in [5.41, 5.74) is 3.04. The van der Waals surface area contributed by atoms with Crippen LogP contribution in [0.25, 0.3) is 10.9 Å². The molecule has 2 aromatic carbocycles. The highest BCUT2D eigenvalue weighted by atomic mass is 19.1. The summed E-state index contributed by atoms with van der Waals surface area (Å²) in [5.74, 6) is 0.387. The first-order valence-corrected chi connectivity index (χ1v) is 10.7. The predicted octanol–water partition coefficient (Wildman–Crippen LogP) is 3.54. The van der Waals surface area contributed by atoms with Gasteiger partial charge in [-0.1, -0.05) is 30.3 Å². The Morgan fingerprint density at radius 2 is 2.00 bits per heavy atom. The van der Waals surface area contributed by atoms with Crippen LogP contribution in [0.1, 0.15) is 31.1 Å². The molecule has 0 aliphatic rings. The summed E-state index contributed by atoms with van der Waals surface area (Å²) in [6, 6.07) is 14.7. The number of aromatic nitrogens is 1. The largest absolute Gasteiger partial charge is 0.389 e. The van der Waals surface area contributed by atoms with Gasteiger partial charge in [-0.3, -0.25) is 4.99 Å². The number of hydrogen-bond acceptors (Lipinski definition) is 3. The van der Waals surface area contributed by atoms with Crippen molar-refractivity contribution in [2.75, 3.05) is 26.2 Å². The van der Waals surface area contributed by atoms with Gasteiger partial charge in [0, 0.05) is 30.2 Å². The lowest BCUT2D eigenvalue weighted by Gasteiger charge is -2.16. The normalized spacial score (nSPS) is 13.9. The van der Waals surface area contributed by atoms with Gasteiger partial charge in [-0.15, -0.1) is 0 Å². The number of nitrogens with one attached hydrogen (secondary N) is 3. The van der Waals surface area contributed by atoms with Gasteiger partial charge in [0.15, 0.2) is 5.96 Å². The summed E-state index contributed by atoms with van der Waals surface area (Å²) in [4.78, 5) is 7.62. The van der Waals surface area contributed by atoms with Crippen LogP contribution in [0.15, 0.2) is 59.7 Å². The van der Waals surface area contributed by atoms with E-state index in [-0.39, 0.29) is 25.1 Å². The fourth-order valence-corrected chi connectivity index (χ4v) is 3.34. The molecule has 1 heterocycles. The lowest BCUT2D eigenvalue weighted by atomic mass is 10.1. The van der Waals surface area contributed by atoms with Crippen LogP contribution < -0.4 is 10.6 Å². The number of nitrogens with zero attached hydrogens (tertiary/aromatic N) is 1.